The van der Waals surface area contributed by atoms with Crippen molar-refractivity contribution < 1.29 is 0 Å². The summed E-state index contributed by atoms with van der Waals surface area (Å²) >= 11 is 0. The maximum Gasteiger partial charge on any atom is -0.0125 e. The molecule has 0 aromatic heterocycles. The van der Waals surface area contributed by atoms with Crippen LogP contribution in [0.1, 0.15) is 33.4 Å². The maximum absolute atomic E-state index is 2.24. The van der Waals surface area contributed by atoms with Gasteiger partial charge in [0.2, 0.25) is 0 Å². The van der Waals surface area contributed by atoms with Crippen molar-refractivity contribution in [3.05, 3.63) is 143 Å². The number of rotatable bonds is 0. The van der Waals surface area contributed by atoms with Gasteiger partial charge >= 0.3 is 0 Å². The Balaban J connectivity index is 0.000000127. The fourth-order valence-corrected chi connectivity index (χ4v) is 4.70. The summed E-state index contributed by atoms with van der Waals surface area (Å²) in [6, 6.07) is 38.9. The number of benzene rings is 6. The summed E-state index contributed by atoms with van der Waals surface area (Å²) in [6.07, 6.45) is 0. The van der Waals surface area contributed by atoms with Crippen LogP contribution in [0.15, 0.2) is 109 Å². The minimum Gasteiger partial charge on any atom is -0.0616 e. The van der Waals surface area contributed by atoms with E-state index in [9.17, 15) is 0 Å². The van der Waals surface area contributed by atoms with Crippen LogP contribution in [0, 0.1) is 41.5 Å². The Morgan fingerprint density at radius 3 is 1.11 bits per heavy atom. The summed E-state index contributed by atoms with van der Waals surface area (Å²) in [6.45, 7) is 12.9. The average molecular weight is 469 g/mol. The summed E-state index contributed by atoms with van der Waals surface area (Å²) in [5, 5.41) is 8.08. The van der Waals surface area contributed by atoms with Crippen molar-refractivity contribution in [3.8, 4) is 0 Å². The van der Waals surface area contributed by atoms with Gasteiger partial charge in [0.1, 0.15) is 0 Å². The molecule has 0 nitrogen and oxygen atoms in total. The topological polar surface area (TPSA) is 0 Å². The van der Waals surface area contributed by atoms with Crippen molar-refractivity contribution in [3.63, 3.8) is 0 Å². The summed E-state index contributed by atoms with van der Waals surface area (Å²) < 4.78 is 0. The molecule has 180 valence electrons. The van der Waals surface area contributed by atoms with E-state index in [1.54, 1.807) is 0 Å². The second kappa shape index (κ2) is 11.2. The van der Waals surface area contributed by atoms with Gasteiger partial charge in [-0.25, -0.2) is 0 Å². The minimum atomic E-state index is 1.33. The van der Waals surface area contributed by atoms with Crippen molar-refractivity contribution in [2.24, 2.45) is 0 Å². The van der Waals surface area contributed by atoms with Crippen molar-refractivity contribution in [1.29, 1.82) is 0 Å². The van der Waals surface area contributed by atoms with Gasteiger partial charge in [0.15, 0.2) is 0 Å². The van der Waals surface area contributed by atoms with Crippen LogP contribution in [-0.2, 0) is 0 Å². The molecular weight excluding hydrogens is 432 g/mol. The van der Waals surface area contributed by atoms with E-state index in [2.05, 4.69) is 151 Å². The summed E-state index contributed by atoms with van der Waals surface area (Å²) in [7, 11) is 0. The highest BCUT2D eigenvalue weighted by atomic mass is 14.0. The molecule has 36 heavy (non-hydrogen) atoms. The molecule has 0 aliphatic carbocycles. The molecule has 0 aliphatic heterocycles. The van der Waals surface area contributed by atoms with E-state index in [0.717, 1.165) is 0 Å². The first-order valence-corrected chi connectivity index (χ1v) is 12.7. The Kier molecular flexibility index (Phi) is 7.86. The van der Waals surface area contributed by atoms with Gasteiger partial charge in [-0.05, 0) is 96.1 Å². The molecule has 6 rings (SSSR count). The molecule has 0 saturated heterocycles. The molecule has 0 spiro atoms. The maximum atomic E-state index is 2.24. The largest absolute Gasteiger partial charge is 0.0616 e. The average Bonchev–Trinajstić information content (AvgIpc) is 2.86. The van der Waals surface area contributed by atoms with Crippen molar-refractivity contribution in [2.45, 2.75) is 41.5 Å². The number of hydrogen-bond donors (Lipinski definition) is 0. The van der Waals surface area contributed by atoms with E-state index >= 15 is 0 Å². The molecule has 0 heterocycles. The molecule has 6 aromatic rings. The second-order valence-corrected chi connectivity index (χ2v) is 9.89. The third-order valence-corrected chi connectivity index (χ3v) is 6.83. The lowest BCUT2D eigenvalue weighted by Crippen LogP contribution is -1.81. The number of fused-ring (bicyclic) bond motifs is 3. The van der Waals surface area contributed by atoms with Crippen molar-refractivity contribution in [2.75, 3.05) is 0 Å². The van der Waals surface area contributed by atoms with Gasteiger partial charge in [0, 0.05) is 0 Å². The van der Waals surface area contributed by atoms with E-state index < -0.39 is 0 Å². The predicted octanol–water partition coefficient (Wildman–Crippen LogP) is 10.4. The number of hydrogen-bond acceptors (Lipinski definition) is 0. The van der Waals surface area contributed by atoms with E-state index in [-0.39, 0.29) is 0 Å². The first-order chi connectivity index (χ1) is 17.3. The van der Waals surface area contributed by atoms with Crippen LogP contribution in [-0.4, -0.2) is 0 Å². The second-order valence-electron chi connectivity index (χ2n) is 9.89. The lowest BCUT2D eigenvalue weighted by molar-refractivity contribution is 1.37. The first kappa shape index (κ1) is 25.2. The van der Waals surface area contributed by atoms with Gasteiger partial charge in [-0.1, -0.05) is 120 Å². The summed E-state index contributed by atoms with van der Waals surface area (Å²) in [4.78, 5) is 0. The molecule has 0 amide bonds. The van der Waals surface area contributed by atoms with Gasteiger partial charge in [0.05, 0.1) is 0 Å². The minimum absolute atomic E-state index is 1.33. The Hall–Kier alpha value is -3.90. The quantitative estimate of drug-likeness (QED) is 0.208. The number of aryl methyl sites for hydroxylation is 6. The van der Waals surface area contributed by atoms with Crippen LogP contribution in [0.4, 0.5) is 0 Å². The normalized spacial score (nSPS) is 10.5. The van der Waals surface area contributed by atoms with E-state index in [1.807, 2.05) is 0 Å². The van der Waals surface area contributed by atoms with E-state index in [0.29, 0.717) is 0 Å². The highest BCUT2D eigenvalue weighted by molar-refractivity contribution is 5.88. The van der Waals surface area contributed by atoms with Gasteiger partial charge in [-0.3, -0.25) is 0 Å². The van der Waals surface area contributed by atoms with Crippen LogP contribution in [0.25, 0.3) is 32.3 Å². The zero-order valence-electron chi connectivity index (χ0n) is 22.4. The molecule has 0 atom stereocenters. The van der Waals surface area contributed by atoms with Gasteiger partial charge in [0.25, 0.3) is 0 Å². The Labute approximate surface area is 216 Å². The Morgan fingerprint density at radius 1 is 0.306 bits per heavy atom. The van der Waals surface area contributed by atoms with E-state index in [1.165, 1.54) is 65.7 Å². The van der Waals surface area contributed by atoms with Crippen molar-refractivity contribution >= 4 is 32.3 Å². The van der Waals surface area contributed by atoms with E-state index in [4.69, 9.17) is 0 Å². The molecule has 0 unspecified atom stereocenters. The van der Waals surface area contributed by atoms with Gasteiger partial charge in [-0.15, -0.1) is 0 Å². The highest BCUT2D eigenvalue weighted by Gasteiger charge is 1.98. The van der Waals surface area contributed by atoms with Crippen LogP contribution >= 0.6 is 0 Å². The smallest absolute Gasteiger partial charge is 0.0125 e. The molecule has 0 bridgehead atoms. The zero-order chi connectivity index (χ0) is 25.7. The molecule has 0 heteroatoms. The molecule has 0 radical (unpaired) electrons. The van der Waals surface area contributed by atoms with Crippen LogP contribution in [0.3, 0.4) is 0 Å². The summed E-state index contributed by atoms with van der Waals surface area (Å²) in [5.41, 5.74) is 8.12. The third-order valence-electron chi connectivity index (χ3n) is 6.83. The molecule has 0 saturated carbocycles. The van der Waals surface area contributed by atoms with Crippen molar-refractivity contribution in [1.82, 2.24) is 0 Å². The highest BCUT2D eigenvalue weighted by Crippen LogP contribution is 2.21. The molecule has 6 aromatic carbocycles. The predicted molar refractivity (Wildman–Crippen MR) is 160 cm³/mol. The lowest BCUT2D eigenvalue weighted by atomic mass is 10.0. The van der Waals surface area contributed by atoms with Crippen LogP contribution < -0.4 is 0 Å². The summed E-state index contributed by atoms with van der Waals surface area (Å²) in [5.74, 6) is 0. The fraction of sp³-hybridized carbons (Fsp3) is 0.167. The van der Waals surface area contributed by atoms with Crippen LogP contribution in [0.2, 0.25) is 0 Å². The first-order valence-electron chi connectivity index (χ1n) is 12.7. The SMILES string of the molecule is Cc1cc2ccccc2cc1C.Cc1ccc2cc(C)ccc2c1.Cc1cccc2cccc(C)c12. The molecule has 0 fully saturated rings. The van der Waals surface area contributed by atoms with Crippen LogP contribution in [0.5, 0.6) is 0 Å². The lowest BCUT2D eigenvalue weighted by Gasteiger charge is -2.04. The standard InChI is InChI=1S/3C12H12/c1-9-3-5-12-8-10(2)4-6-11(12)7-9;1-9-5-3-7-11-8-4-6-10(2)12(9)11;1-9-7-11-5-3-4-6-12(11)8-10(9)2/h3*3-8H,1-2H3. The fourth-order valence-electron chi connectivity index (χ4n) is 4.70. The molecule has 0 aliphatic rings. The monoisotopic (exact) mass is 468 g/mol. The zero-order valence-corrected chi connectivity index (χ0v) is 22.4. The third kappa shape index (κ3) is 6.01. The Bertz CT molecular complexity index is 1520. The molecular formula is C36H36. The van der Waals surface area contributed by atoms with Gasteiger partial charge in [-0.2, -0.15) is 0 Å². The molecule has 0 N–H and O–H groups in total. The Morgan fingerprint density at radius 2 is 0.694 bits per heavy atom. The van der Waals surface area contributed by atoms with Gasteiger partial charge < -0.3 is 0 Å².